The number of carbonyl (C=O) groups is 1. The summed E-state index contributed by atoms with van der Waals surface area (Å²) >= 11 is 0. The van der Waals surface area contributed by atoms with Crippen molar-refractivity contribution in [3.05, 3.63) is 48.7 Å². The number of nitrogens with zero attached hydrogens (tertiary/aromatic N) is 1. The van der Waals surface area contributed by atoms with Gasteiger partial charge in [-0.3, -0.25) is 4.79 Å². The predicted octanol–water partition coefficient (Wildman–Crippen LogP) is 2.97. The predicted molar refractivity (Wildman–Crippen MR) is 83.8 cm³/mol. The van der Waals surface area contributed by atoms with Crippen molar-refractivity contribution in [1.82, 2.24) is 9.88 Å². The van der Waals surface area contributed by atoms with Gasteiger partial charge in [0.2, 0.25) is 5.91 Å². The van der Waals surface area contributed by atoms with Gasteiger partial charge in [0, 0.05) is 18.3 Å². The van der Waals surface area contributed by atoms with E-state index in [9.17, 15) is 4.79 Å². The Kier molecular flexibility index (Phi) is 3.06. The van der Waals surface area contributed by atoms with E-state index in [4.69, 9.17) is 0 Å². The molecule has 3 atom stereocenters. The summed E-state index contributed by atoms with van der Waals surface area (Å²) in [7, 11) is 0. The van der Waals surface area contributed by atoms with E-state index >= 15 is 0 Å². The van der Waals surface area contributed by atoms with Crippen LogP contribution >= 0.6 is 0 Å². The molecule has 108 valence electrons. The van der Waals surface area contributed by atoms with E-state index in [1.807, 2.05) is 22.9 Å². The van der Waals surface area contributed by atoms with Gasteiger partial charge in [-0.2, -0.15) is 0 Å². The van der Waals surface area contributed by atoms with Crippen molar-refractivity contribution in [2.45, 2.75) is 19.4 Å². The molecule has 1 amide bonds. The van der Waals surface area contributed by atoms with Crippen LogP contribution in [0.4, 0.5) is 0 Å². The molecule has 0 radical (unpaired) electrons. The lowest BCUT2D eigenvalue weighted by Crippen LogP contribution is -2.33. The number of fused-ring (bicyclic) bond motifs is 3. The minimum atomic E-state index is 0.114. The molecule has 2 aliphatic rings. The molecule has 4 rings (SSSR count). The number of aromatic nitrogens is 1. The smallest absolute Gasteiger partial charge is 0.239 e. The average Bonchev–Trinajstić information content (AvgIpc) is 3.21. The van der Waals surface area contributed by atoms with Gasteiger partial charge in [0.1, 0.15) is 6.54 Å². The van der Waals surface area contributed by atoms with E-state index in [1.54, 1.807) is 0 Å². The molecule has 2 aliphatic carbocycles. The van der Waals surface area contributed by atoms with Crippen molar-refractivity contribution in [2.24, 2.45) is 17.8 Å². The normalized spacial score (nSPS) is 26.6. The van der Waals surface area contributed by atoms with Gasteiger partial charge in [0.05, 0.1) is 0 Å². The van der Waals surface area contributed by atoms with Crippen LogP contribution in [0.2, 0.25) is 0 Å². The summed E-state index contributed by atoms with van der Waals surface area (Å²) < 4.78 is 2.02. The van der Waals surface area contributed by atoms with E-state index in [-0.39, 0.29) is 5.91 Å². The summed E-state index contributed by atoms with van der Waals surface area (Å²) in [5, 5.41) is 4.30. The van der Waals surface area contributed by atoms with Crippen LogP contribution in [-0.2, 0) is 11.3 Å². The van der Waals surface area contributed by atoms with Crippen LogP contribution in [0.1, 0.15) is 12.8 Å². The number of nitrogens with one attached hydrogen (secondary N) is 1. The molecule has 0 aliphatic heterocycles. The zero-order valence-electron chi connectivity index (χ0n) is 12.0. The van der Waals surface area contributed by atoms with Gasteiger partial charge in [-0.25, -0.2) is 0 Å². The van der Waals surface area contributed by atoms with Gasteiger partial charge in [-0.15, -0.1) is 0 Å². The molecule has 1 aromatic carbocycles. The highest BCUT2D eigenvalue weighted by Crippen LogP contribution is 2.42. The van der Waals surface area contributed by atoms with E-state index in [0.717, 1.165) is 18.0 Å². The SMILES string of the molecule is O=C(Cn1ccc2ccccc21)NC[C@H]1C[C@@H]2C=C[C@H]1C2. The van der Waals surface area contributed by atoms with Crippen molar-refractivity contribution < 1.29 is 4.79 Å². The van der Waals surface area contributed by atoms with E-state index in [1.165, 1.54) is 18.2 Å². The molecule has 0 unspecified atom stereocenters. The first-order chi connectivity index (χ1) is 10.3. The summed E-state index contributed by atoms with van der Waals surface area (Å²) in [6, 6.07) is 10.2. The van der Waals surface area contributed by atoms with Crippen LogP contribution < -0.4 is 5.32 Å². The molecule has 2 aromatic rings. The second-order valence-electron chi connectivity index (χ2n) is 6.35. The number of rotatable bonds is 4. The van der Waals surface area contributed by atoms with Crippen LogP contribution in [0.15, 0.2) is 48.7 Å². The van der Waals surface area contributed by atoms with Crippen LogP contribution in [-0.4, -0.2) is 17.0 Å². The van der Waals surface area contributed by atoms with E-state index in [0.29, 0.717) is 18.4 Å². The second-order valence-corrected chi connectivity index (χ2v) is 6.35. The topological polar surface area (TPSA) is 34.0 Å². The standard InChI is InChI=1S/C18H20N2O/c21-18(19-11-16-10-13-5-6-15(16)9-13)12-20-8-7-14-3-1-2-4-17(14)20/h1-8,13,15-16H,9-12H2,(H,19,21)/t13-,15+,16-/m1/s1. The largest absolute Gasteiger partial charge is 0.354 e. The minimum Gasteiger partial charge on any atom is -0.354 e. The fourth-order valence-corrected chi connectivity index (χ4v) is 3.86. The molecule has 0 spiro atoms. The highest BCUT2D eigenvalue weighted by Gasteiger charge is 2.35. The van der Waals surface area contributed by atoms with E-state index in [2.05, 4.69) is 35.7 Å². The van der Waals surface area contributed by atoms with Crippen LogP contribution in [0, 0.1) is 17.8 Å². The van der Waals surface area contributed by atoms with Crippen molar-refractivity contribution >= 4 is 16.8 Å². The van der Waals surface area contributed by atoms with Gasteiger partial charge >= 0.3 is 0 Å². The van der Waals surface area contributed by atoms with Gasteiger partial charge in [-0.05, 0) is 48.1 Å². The second kappa shape index (κ2) is 5.06. The summed E-state index contributed by atoms with van der Waals surface area (Å²) in [4.78, 5) is 12.2. The molecule has 2 bridgehead atoms. The zero-order valence-corrected chi connectivity index (χ0v) is 12.0. The van der Waals surface area contributed by atoms with Crippen molar-refractivity contribution in [2.75, 3.05) is 6.54 Å². The molecule has 3 nitrogen and oxygen atoms in total. The fourth-order valence-electron chi connectivity index (χ4n) is 3.86. The number of amides is 1. The first kappa shape index (κ1) is 12.7. The Bertz CT molecular complexity index is 700. The number of hydrogen-bond donors (Lipinski definition) is 1. The molecular formula is C18H20N2O. The molecule has 1 aromatic heterocycles. The third-order valence-corrected chi connectivity index (χ3v) is 4.97. The Balaban J connectivity index is 1.37. The van der Waals surface area contributed by atoms with E-state index < -0.39 is 0 Å². The molecule has 0 saturated heterocycles. The lowest BCUT2D eigenvalue weighted by Gasteiger charge is -2.18. The Morgan fingerprint density at radius 1 is 1.19 bits per heavy atom. The summed E-state index contributed by atoms with van der Waals surface area (Å²) in [6.45, 7) is 1.23. The summed E-state index contributed by atoms with van der Waals surface area (Å²) in [6.07, 6.45) is 9.21. The molecule has 1 saturated carbocycles. The van der Waals surface area contributed by atoms with Crippen molar-refractivity contribution in [3.8, 4) is 0 Å². The third-order valence-electron chi connectivity index (χ3n) is 4.97. The van der Waals surface area contributed by atoms with Gasteiger partial charge in [0.15, 0.2) is 0 Å². The number of carbonyl (C=O) groups excluding carboxylic acids is 1. The van der Waals surface area contributed by atoms with Gasteiger partial charge < -0.3 is 9.88 Å². The average molecular weight is 280 g/mol. The van der Waals surface area contributed by atoms with Gasteiger partial charge in [-0.1, -0.05) is 30.4 Å². The highest BCUT2D eigenvalue weighted by atomic mass is 16.1. The number of allylic oxidation sites excluding steroid dienone is 2. The number of benzene rings is 1. The molecule has 21 heavy (non-hydrogen) atoms. The summed E-state index contributed by atoms with van der Waals surface area (Å²) in [5.41, 5.74) is 1.12. The van der Waals surface area contributed by atoms with Crippen LogP contribution in [0.3, 0.4) is 0 Å². The Morgan fingerprint density at radius 2 is 2.10 bits per heavy atom. The molecular weight excluding hydrogens is 260 g/mol. The van der Waals surface area contributed by atoms with Crippen molar-refractivity contribution in [3.63, 3.8) is 0 Å². The maximum absolute atomic E-state index is 12.2. The lowest BCUT2D eigenvalue weighted by molar-refractivity contribution is -0.121. The fraction of sp³-hybridized carbons (Fsp3) is 0.389. The highest BCUT2D eigenvalue weighted by molar-refractivity contribution is 5.83. The molecule has 1 heterocycles. The number of hydrogen-bond acceptors (Lipinski definition) is 1. The van der Waals surface area contributed by atoms with Crippen LogP contribution in [0.5, 0.6) is 0 Å². The molecule has 3 heteroatoms. The van der Waals surface area contributed by atoms with Crippen LogP contribution in [0.25, 0.3) is 10.9 Å². The quantitative estimate of drug-likeness (QED) is 0.858. The zero-order chi connectivity index (χ0) is 14.2. The Labute approximate surface area is 124 Å². The van der Waals surface area contributed by atoms with Gasteiger partial charge in [0.25, 0.3) is 0 Å². The first-order valence-electron chi connectivity index (χ1n) is 7.78. The molecule has 1 N–H and O–H groups in total. The lowest BCUT2D eigenvalue weighted by atomic mass is 9.94. The number of para-hydroxylation sites is 1. The monoisotopic (exact) mass is 280 g/mol. The Hall–Kier alpha value is -2.03. The minimum absolute atomic E-state index is 0.114. The maximum atomic E-state index is 12.2. The third kappa shape index (κ3) is 2.37. The van der Waals surface area contributed by atoms with Crippen molar-refractivity contribution in [1.29, 1.82) is 0 Å². The Morgan fingerprint density at radius 3 is 2.90 bits per heavy atom. The maximum Gasteiger partial charge on any atom is 0.239 e. The first-order valence-corrected chi connectivity index (χ1v) is 7.78. The summed E-state index contributed by atoms with van der Waals surface area (Å²) in [5.74, 6) is 2.22. The molecule has 1 fully saturated rings.